The Kier molecular flexibility index (Phi) is 12.4. The zero-order valence-corrected chi connectivity index (χ0v) is 24.3. The standard InChI is InChI=1S/C35H40N2O6/c38-23-30(20-26-10-4-1-5-11-26)36-33(39)22-29-14-8-3-9-15-34(40)43-25-31(37-35(29)41)21-27-16-18-32(19-17-27)42-24-28-12-6-2-7-13-28/h1-8,10-13,16-19,29-31,38H,9,14-15,20-25H2,(H,36,39)(H,37,41)/t29-,30-,31+/m1/s1. The second kappa shape index (κ2) is 16.9. The highest BCUT2D eigenvalue weighted by molar-refractivity contribution is 5.86. The van der Waals surface area contributed by atoms with Crippen LogP contribution < -0.4 is 15.4 Å². The summed E-state index contributed by atoms with van der Waals surface area (Å²) in [7, 11) is 0. The molecule has 1 aliphatic rings. The van der Waals surface area contributed by atoms with E-state index in [9.17, 15) is 19.5 Å². The smallest absolute Gasteiger partial charge is 0.306 e. The van der Waals surface area contributed by atoms with Crippen LogP contribution in [0.25, 0.3) is 0 Å². The predicted octanol–water partition coefficient (Wildman–Crippen LogP) is 4.30. The second-order valence-electron chi connectivity index (χ2n) is 10.8. The van der Waals surface area contributed by atoms with Crippen molar-refractivity contribution < 1.29 is 29.0 Å². The molecular weight excluding hydrogens is 544 g/mol. The van der Waals surface area contributed by atoms with E-state index >= 15 is 0 Å². The van der Waals surface area contributed by atoms with Crippen LogP contribution in [0.1, 0.15) is 42.4 Å². The maximum absolute atomic E-state index is 13.4. The Morgan fingerprint density at radius 1 is 0.930 bits per heavy atom. The molecule has 0 radical (unpaired) electrons. The largest absolute Gasteiger partial charge is 0.489 e. The second-order valence-corrected chi connectivity index (χ2v) is 10.8. The van der Waals surface area contributed by atoms with Crippen LogP contribution in [0.2, 0.25) is 0 Å². The molecule has 4 rings (SSSR count). The van der Waals surface area contributed by atoms with Crippen LogP contribution in [-0.4, -0.2) is 48.2 Å². The third-order valence-electron chi connectivity index (χ3n) is 7.26. The number of benzene rings is 3. The van der Waals surface area contributed by atoms with Gasteiger partial charge >= 0.3 is 5.97 Å². The van der Waals surface area contributed by atoms with Gasteiger partial charge in [0.25, 0.3) is 0 Å². The molecule has 0 bridgehead atoms. The lowest BCUT2D eigenvalue weighted by molar-refractivity contribution is -0.145. The van der Waals surface area contributed by atoms with Crippen LogP contribution in [0.5, 0.6) is 5.75 Å². The van der Waals surface area contributed by atoms with Gasteiger partial charge in [0.1, 0.15) is 19.0 Å². The minimum absolute atomic E-state index is 0.0264. The third kappa shape index (κ3) is 11.1. The molecule has 3 N–H and O–H groups in total. The highest BCUT2D eigenvalue weighted by Crippen LogP contribution is 2.18. The number of allylic oxidation sites excluding steroid dienone is 2. The van der Waals surface area contributed by atoms with Gasteiger partial charge in [-0.15, -0.1) is 0 Å². The van der Waals surface area contributed by atoms with Crippen molar-refractivity contribution in [3.63, 3.8) is 0 Å². The minimum Gasteiger partial charge on any atom is -0.489 e. The summed E-state index contributed by atoms with van der Waals surface area (Å²) in [5.74, 6) is -0.789. The molecule has 3 atom stereocenters. The monoisotopic (exact) mass is 584 g/mol. The fourth-order valence-electron chi connectivity index (χ4n) is 4.92. The number of amides is 2. The molecule has 8 nitrogen and oxygen atoms in total. The lowest BCUT2D eigenvalue weighted by atomic mass is 9.97. The van der Waals surface area contributed by atoms with E-state index in [1.54, 1.807) is 0 Å². The summed E-state index contributed by atoms with van der Waals surface area (Å²) >= 11 is 0. The first kappa shape index (κ1) is 31.5. The number of cyclic esters (lactones) is 1. The van der Waals surface area contributed by atoms with E-state index in [0.717, 1.165) is 22.4 Å². The Labute approximate surface area is 253 Å². The molecule has 226 valence electrons. The number of ether oxygens (including phenoxy) is 2. The summed E-state index contributed by atoms with van der Waals surface area (Å²) in [5.41, 5.74) is 3.02. The Morgan fingerprint density at radius 3 is 2.33 bits per heavy atom. The summed E-state index contributed by atoms with van der Waals surface area (Å²) in [5, 5.41) is 15.7. The SMILES string of the molecule is O=C(C[C@H]1CC=CCCC(=O)OC[C@H](Cc2ccc(OCc3ccccc3)cc2)NC1=O)N[C@@H](CO)Cc1ccccc1. The summed E-state index contributed by atoms with van der Waals surface area (Å²) in [6, 6.07) is 26.2. The molecule has 3 aromatic carbocycles. The Balaban J connectivity index is 1.37. The fraction of sp³-hybridized carbons (Fsp3) is 0.343. The molecule has 0 saturated carbocycles. The van der Waals surface area contributed by atoms with Crippen molar-refractivity contribution in [1.29, 1.82) is 0 Å². The highest BCUT2D eigenvalue weighted by atomic mass is 16.5. The lowest BCUT2D eigenvalue weighted by Crippen LogP contribution is -2.45. The van der Waals surface area contributed by atoms with Gasteiger partial charge in [-0.1, -0.05) is 84.9 Å². The number of hydrogen-bond donors (Lipinski definition) is 3. The molecule has 0 saturated heterocycles. The highest BCUT2D eigenvalue weighted by Gasteiger charge is 2.26. The quantitative estimate of drug-likeness (QED) is 0.229. The first-order valence-electron chi connectivity index (χ1n) is 14.8. The van der Waals surface area contributed by atoms with Crippen LogP contribution in [0.4, 0.5) is 0 Å². The van der Waals surface area contributed by atoms with E-state index in [-0.39, 0.29) is 43.8 Å². The number of carbonyl (C=O) groups excluding carboxylic acids is 3. The summed E-state index contributed by atoms with van der Waals surface area (Å²) in [6.45, 7) is 0.285. The molecule has 0 fully saturated rings. The maximum atomic E-state index is 13.4. The molecule has 0 spiro atoms. The van der Waals surface area contributed by atoms with Gasteiger partial charge in [-0.25, -0.2) is 0 Å². The number of hydrogen-bond acceptors (Lipinski definition) is 6. The molecule has 1 heterocycles. The molecule has 0 unspecified atom stereocenters. The van der Waals surface area contributed by atoms with Crippen LogP contribution >= 0.6 is 0 Å². The van der Waals surface area contributed by atoms with Crippen molar-refractivity contribution in [2.75, 3.05) is 13.2 Å². The van der Waals surface area contributed by atoms with E-state index < -0.39 is 18.0 Å². The van der Waals surface area contributed by atoms with E-state index in [1.165, 1.54) is 0 Å². The number of rotatable bonds is 11. The average Bonchev–Trinajstić information content (AvgIpc) is 3.02. The number of esters is 1. The summed E-state index contributed by atoms with van der Waals surface area (Å²) < 4.78 is 11.4. The van der Waals surface area contributed by atoms with Crippen LogP contribution in [0.3, 0.4) is 0 Å². The van der Waals surface area contributed by atoms with Crippen molar-refractivity contribution in [2.45, 2.75) is 57.2 Å². The molecule has 1 aliphatic heterocycles. The van der Waals surface area contributed by atoms with E-state index in [0.29, 0.717) is 32.3 Å². The Morgan fingerprint density at radius 2 is 1.63 bits per heavy atom. The van der Waals surface area contributed by atoms with Gasteiger partial charge < -0.3 is 25.2 Å². The number of carbonyl (C=O) groups is 3. The van der Waals surface area contributed by atoms with Crippen molar-refractivity contribution in [3.8, 4) is 5.75 Å². The molecule has 43 heavy (non-hydrogen) atoms. The van der Waals surface area contributed by atoms with Crippen LogP contribution in [0.15, 0.2) is 97.1 Å². The first-order valence-corrected chi connectivity index (χ1v) is 14.8. The number of nitrogens with one attached hydrogen (secondary N) is 2. The van der Waals surface area contributed by atoms with E-state index in [1.807, 2.05) is 97.1 Å². The summed E-state index contributed by atoms with van der Waals surface area (Å²) in [4.78, 5) is 38.6. The van der Waals surface area contributed by atoms with Gasteiger partial charge in [0.15, 0.2) is 0 Å². The normalized spacial score (nSPS) is 18.3. The van der Waals surface area contributed by atoms with Gasteiger partial charge in [-0.05, 0) is 54.5 Å². The molecule has 3 aromatic rings. The van der Waals surface area contributed by atoms with Crippen LogP contribution in [-0.2, 0) is 38.6 Å². The van der Waals surface area contributed by atoms with Gasteiger partial charge in [0.05, 0.1) is 24.6 Å². The maximum Gasteiger partial charge on any atom is 0.306 e. The Bertz CT molecular complexity index is 1330. The topological polar surface area (TPSA) is 114 Å². The fourth-order valence-corrected chi connectivity index (χ4v) is 4.92. The van der Waals surface area contributed by atoms with Crippen molar-refractivity contribution in [3.05, 3.63) is 114 Å². The number of aliphatic hydroxyl groups is 1. The molecule has 2 amide bonds. The zero-order chi connectivity index (χ0) is 30.3. The zero-order valence-electron chi connectivity index (χ0n) is 24.3. The van der Waals surface area contributed by atoms with Gasteiger partial charge in [0, 0.05) is 12.8 Å². The van der Waals surface area contributed by atoms with Crippen LogP contribution in [0, 0.1) is 5.92 Å². The molecular formula is C35H40N2O6. The predicted molar refractivity (Wildman–Crippen MR) is 164 cm³/mol. The summed E-state index contributed by atoms with van der Waals surface area (Å²) in [6.07, 6.45) is 5.68. The van der Waals surface area contributed by atoms with Gasteiger partial charge in [0.2, 0.25) is 11.8 Å². The third-order valence-corrected chi connectivity index (χ3v) is 7.26. The first-order chi connectivity index (χ1) is 21.0. The lowest BCUT2D eigenvalue weighted by Gasteiger charge is -2.24. The molecule has 0 aromatic heterocycles. The van der Waals surface area contributed by atoms with E-state index in [4.69, 9.17) is 9.47 Å². The van der Waals surface area contributed by atoms with Gasteiger partial charge in [-0.2, -0.15) is 0 Å². The van der Waals surface area contributed by atoms with Gasteiger partial charge in [-0.3, -0.25) is 14.4 Å². The Hall–Kier alpha value is -4.43. The minimum atomic E-state index is -0.612. The van der Waals surface area contributed by atoms with Crippen molar-refractivity contribution in [1.82, 2.24) is 10.6 Å². The average molecular weight is 585 g/mol. The number of aliphatic hydroxyl groups excluding tert-OH is 1. The molecule has 8 heteroatoms. The molecule has 0 aliphatic carbocycles. The van der Waals surface area contributed by atoms with Crippen molar-refractivity contribution >= 4 is 17.8 Å². The van der Waals surface area contributed by atoms with Crippen molar-refractivity contribution in [2.24, 2.45) is 5.92 Å². The van der Waals surface area contributed by atoms with E-state index in [2.05, 4.69) is 10.6 Å².